The number of nitrogens with one attached hydrogen (secondary N) is 1. The predicted octanol–water partition coefficient (Wildman–Crippen LogP) is 1.95. The third-order valence-electron chi connectivity index (χ3n) is 2.05. The molecule has 3 heteroatoms. The van der Waals surface area contributed by atoms with E-state index in [0.29, 0.717) is 0 Å². The number of hydrogen-bond donors (Lipinski definition) is 2. The average Bonchev–Trinajstić information content (AvgIpc) is 2.29. The first-order valence-corrected chi connectivity index (χ1v) is 5.11. The van der Waals surface area contributed by atoms with Crippen LogP contribution in [0.1, 0.15) is 18.9 Å². The maximum absolute atomic E-state index is 5.90. The minimum absolute atomic E-state index is 0.724. The second-order valence-electron chi connectivity index (χ2n) is 3.29. The molecular formula is C12H18N2O. The van der Waals surface area contributed by atoms with Crippen molar-refractivity contribution < 1.29 is 4.74 Å². The number of benzene rings is 1. The van der Waals surface area contributed by atoms with Gasteiger partial charge in [-0.05, 0) is 18.6 Å². The van der Waals surface area contributed by atoms with E-state index in [1.165, 1.54) is 0 Å². The number of nitrogens with two attached hydrogens (primary N) is 1. The summed E-state index contributed by atoms with van der Waals surface area (Å²) in [6.45, 7) is 3.05. The topological polar surface area (TPSA) is 47.3 Å². The zero-order valence-electron chi connectivity index (χ0n) is 9.29. The predicted molar refractivity (Wildman–Crippen MR) is 63.5 cm³/mol. The summed E-state index contributed by atoms with van der Waals surface area (Å²) in [5.74, 6) is 0.819. The second kappa shape index (κ2) is 5.96. The molecule has 3 nitrogen and oxygen atoms in total. The molecule has 0 saturated heterocycles. The average molecular weight is 206 g/mol. The number of hydrogen-bond acceptors (Lipinski definition) is 3. The van der Waals surface area contributed by atoms with Crippen molar-refractivity contribution in [2.45, 2.75) is 13.3 Å². The molecule has 0 aliphatic carbocycles. The van der Waals surface area contributed by atoms with Gasteiger partial charge >= 0.3 is 0 Å². The van der Waals surface area contributed by atoms with Crippen molar-refractivity contribution in [1.82, 2.24) is 5.32 Å². The van der Waals surface area contributed by atoms with Crippen molar-refractivity contribution in [1.29, 1.82) is 0 Å². The SMILES string of the molecule is CCCN/C=C(\N)c1cccc(OC)c1. The first kappa shape index (κ1) is 11.4. The highest BCUT2D eigenvalue weighted by molar-refractivity contribution is 5.63. The molecule has 15 heavy (non-hydrogen) atoms. The van der Waals surface area contributed by atoms with Gasteiger partial charge in [-0.25, -0.2) is 0 Å². The molecule has 1 aromatic rings. The second-order valence-corrected chi connectivity index (χ2v) is 3.29. The summed E-state index contributed by atoms with van der Waals surface area (Å²) >= 11 is 0. The molecule has 0 spiro atoms. The van der Waals surface area contributed by atoms with E-state index in [2.05, 4.69) is 12.2 Å². The van der Waals surface area contributed by atoms with E-state index in [4.69, 9.17) is 10.5 Å². The van der Waals surface area contributed by atoms with Gasteiger partial charge in [0, 0.05) is 18.3 Å². The largest absolute Gasteiger partial charge is 0.497 e. The lowest BCUT2D eigenvalue weighted by Crippen LogP contribution is -2.09. The van der Waals surface area contributed by atoms with Gasteiger partial charge in [-0.3, -0.25) is 0 Å². The van der Waals surface area contributed by atoms with Crippen LogP contribution in [0.25, 0.3) is 5.70 Å². The van der Waals surface area contributed by atoms with Gasteiger partial charge in [0.05, 0.1) is 12.8 Å². The van der Waals surface area contributed by atoms with Crippen molar-refractivity contribution in [3.8, 4) is 5.75 Å². The molecule has 0 bridgehead atoms. The summed E-state index contributed by atoms with van der Waals surface area (Å²) < 4.78 is 5.13. The summed E-state index contributed by atoms with van der Waals surface area (Å²) in [5, 5.41) is 3.14. The van der Waals surface area contributed by atoms with Gasteiger partial charge < -0.3 is 15.8 Å². The third kappa shape index (κ3) is 3.54. The van der Waals surface area contributed by atoms with Crippen LogP contribution in [0, 0.1) is 0 Å². The zero-order chi connectivity index (χ0) is 11.1. The summed E-state index contributed by atoms with van der Waals surface area (Å²) in [6.07, 6.45) is 2.92. The van der Waals surface area contributed by atoms with Crippen molar-refractivity contribution in [3.05, 3.63) is 36.0 Å². The minimum Gasteiger partial charge on any atom is -0.497 e. The molecule has 0 aliphatic rings. The van der Waals surface area contributed by atoms with E-state index < -0.39 is 0 Å². The van der Waals surface area contributed by atoms with Crippen LogP contribution in [0.15, 0.2) is 30.5 Å². The molecule has 0 amide bonds. The fourth-order valence-electron chi connectivity index (χ4n) is 1.21. The molecule has 0 unspecified atom stereocenters. The van der Waals surface area contributed by atoms with Crippen LogP contribution in [0.5, 0.6) is 5.75 Å². The van der Waals surface area contributed by atoms with E-state index >= 15 is 0 Å². The number of ether oxygens (including phenoxy) is 1. The van der Waals surface area contributed by atoms with Crippen LogP contribution in [0.3, 0.4) is 0 Å². The van der Waals surface area contributed by atoms with Gasteiger partial charge in [-0.15, -0.1) is 0 Å². The van der Waals surface area contributed by atoms with Crippen molar-refractivity contribution in [3.63, 3.8) is 0 Å². The highest BCUT2D eigenvalue weighted by atomic mass is 16.5. The minimum atomic E-state index is 0.724. The summed E-state index contributed by atoms with van der Waals surface area (Å²) in [5.41, 5.74) is 7.60. The lowest BCUT2D eigenvalue weighted by Gasteiger charge is -2.05. The maximum Gasteiger partial charge on any atom is 0.119 e. The number of rotatable bonds is 5. The van der Waals surface area contributed by atoms with Crippen LogP contribution in [0.2, 0.25) is 0 Å². The fourth-order valence-corrected chi connectivity index (χ4v) is 1.21. The highest BCUT2D eigenvalue weighted by Crippen LogP contribution is 2.16. The van der Waals surface area contributed by atoms with E-state index in [0.717, 1.165) is 30.0 Å². The first-order chi connectivity index (χ1) is 7.27. The lowest BCUT2D eigenvalue weighted by atomic mass is 10.1. The molecule has 0 saturated carbocycles. The van der Waals surface area contributed by atoms with Crippen LogP contribution in [0.4, 0.5) is 0 Å². The van der Waals surface area contributed by atoms with Gasteiger partial charge in [0.15, 0.2) is 0 Å². The Morgan fingerprint density at radius 3 is 3.00 bits per heavy atom. The zero-order valence-corrected chi connectivity index (χ0v) is 9.29. The molecule has 0 aromatic heterocycles. The Bertz CT molecular complexity index is 334. The normalized spacial score (nSPS) is 11.2. The monoisotopic (exact) mass is 206 g/mol. The summed E-state index contributed by atoms with van der Waals surface area (Å²) in [6, 6.07) is 7.70. The molecule has 1 aromatic carbocycles. The Labute approximate surface area is 90.9 Å². The molecular weight excluding hydrogens is 188 g/mol. The quantitative estimate of drug-likeness (QED) is 0.724. The first-order valence-electron chi connectivity index (χ1n) is 5.11. The molecule has 82 valence electrons. The molecule has 1 rings (SSSR count). The van der Waals surface area contributed by atoms with Crippen LogP contribution in [-0.4, -0.2) is 13.7 Å². The van der Waals surface area contributed by atoms with Crippen molar-refractivity contribution in [2.24, 2.45) is 5.73 Å². The third-order valence-corrected chi connectivity index (χ3v) is 2.05. The smallest absolute Gasteiger partial charge is 0.119 e. The number of methoxy groups -OCH3 is 1. The molecule has 3 N–H and O–H groups in total. The van der Waals surface area contributed by atoms with Crippen LogP contribution < -0.4 is 15.8 Å². The van der Waals surface area contributed by atoms with E-state index in [-0.39, 0.29) is 0 Å². The Hall–Kier alpha value is -1.64. The Kier molecular flexibility index (Phi) is 4.54. The van der Waals surface area contributed by atoms with Gasteiger partial charge in [0.25, 0.3) is 0 Å². The Morgan fingerprint density at radius 2 is 2.33 bits per heavy atom. The maximum atomic E-state index is 5.90. The Morgan fingerprint density at radius 1 is 1.53 bits per heavy atom. The van der Waals surface area contributed by atoms with Gasteiger partial charge in [-0.1, -0.05) is 19.1 Å². The van der Waals surface area contributed by atoms with E-state index in [1.807, 2.05) is 30.5 Å². The molecule has 0 radical (unpaired) electrons. The van der Waals surface area contributed by atoms with Crippen LogP contribution in [-0.2, 0) is 0 Å². The lowest BCUT2D eigenvalue weighted by molar-refractivity contribution is 0.414. The van der Waals surface area contributed by atoms with Crippen LogP contribution >= 0.6 is 0 Å². The van der Waals surface area contributed by atoms with Gasteiger partial charge in [0.2, 0.25) is 0 Å². The highest BCUT2D eigenvalue weighted by Gasteiger charge is 1.97. The van der Waals surface area contributed by atoms with Gasteiger partial charge in [0.1, 0.15) is 5.75 Å². The molecule has 0 fully saturated rings. The van der Waals surface area contributed by atoms with E-state index in [1.54, 1.807) is 7.11 Å². The fraction of sp³-hybridized carbons (Fsp3) is 0.333. The summed E-state index contributed by atoms with van der Waals surface area (Å²) in [4.78, 5) is 0. The van der Waals surface area contributed by atoms with Crippen molar-refractivity contribution >= 4 is 5.70 Å². The van der Waals surface area contributed by atoms with E-state index in [9.17, 15) is 0 Å². The Balaban J connectivity index is 2.72. The standard InChI is InChI=1S/C12H18N2O/c1-3-7-14-9-12(13)10-5-4-6-11(8-10)15-2/h4-6,8-9,14H,3,7,13H2,1-2H3/b12-9-. The van der Waals surface area contributed by atoms with Crippen molar-refractivity contribution in [2.75, 3.05) is 13.7 Å². The molecule has 0 heterocycles. The molecule has 0 aliphatic heterocycles. The van der Waals surface area contributed by atoms with Gasteiger partial charge in [-0.2, -0.15) is 0 Å². The molecule has 0 atom stereocenters. The summed E-state index contributed by atoms with van der Waals surface area (Å²) in [7, 11) is 1.65.